The molecule has 0 aliphatic rings. The van der Waals surface area contributed by atoms with Crippen molar-refractivity contribution < 1.29 is 23.9 Å². The Morgan fingerprint density at radius 1 is 1.12 bits per heavy atom. The Labute approximate surface area is 145 Å². The van der Waals surface area contributed by atoms with Gasteiger partial charge in [-0.2, -0.15) is 0 Å². The van der Waals surface area contributed by atoms with Crippen LogP contribution in [0.3, 0.4) is 0 Å². The van der Waals surface area contributed by atoms with Crippen molar-refractivity contribution in [1.82, 2.24) is 4.57 Å². The molecule has 2 aromatic rings. The maximum atomic E-state index is 11.8. The number of rotatable bonds is 7. The van der Waals surface area contributed by atoms with Crippen LogP contribution in [0, 0.1) is 0 Å². The van der Waals surface area contributed by atoms with Gasteiger partial charge in [0.25, 0.3) is 5.91 Å². The highest BCUT2D eigenvalue weighted by atomic mass is 16.5. The lowest BCUT2D eigenvalue weighted by atomic mass is 10.2. The summed E-state index contributed by atoms with van der Waals surface area (Å²) in [6, 6.07) is 9.91. The van der Waals surface area contributed by atoms with Crippen LogP contribution < -0.4 is 5.32 Å². The van der Waals surface area contributed by atoms with E-state index in [-0.39, 0.29) is 19.1 Å². The highest BCUT2D eigenvalue weighted by Crippen LogP contribution is 2.12. The molecule has 0 fully saturated rings. The molecule has 0 saturated carbocycles. The van der Waals surface area contributed by atoms with E-state index < -0.39 is 17.8 Å². The molecule has 0 aliphatic carbocycles. The van der Waals surface area contributed by atoms with Crippen LogP contribution in [0.25, 0.3) is 0 Å². The number of hydrogen-bond donors (Lipinski definition) is 1. The molecule has 0 aliphatic heterocycles. The molecule has 1 atom stereocenters. The van der Waals surface area contributed by atoms with Crippen LogP contribution in [0.15, 0.2) is 48.8 Å². The minimum Gasteiger partial charge on any atom is -0.465 e. The summed E-state index contributed by atoms with van der Waals surface area (Å²) in [4.78, 5) is 34.9. The quantitative estimate of drug-likeness (QED) is 0.780. The summed E-state index contributed by atoms with van der Waals surface area (Å²) in [7, 11) is 1.30. The number of methoxy groups -OCH3 is 1. The van der Waals surface area contributed by atoms with Crippen LogP contribution in [-0.2, 0) is 19.1 Å². The van der Waals surface area contributed by atoms with E-state index in [2.05, 4.69) is 10.1 Å². The summed E-state index contributed by atoms with van der Waals surface area (Å²) in [5.41, 5.74) is 0.875. The predicted octanol–water partition coefficient (Wildman–Crippen LogP) is 2.41. The first-order valence-corrected chi connectivity index (χ1v) is 7.76. The molecule has 1 aromatic heterocycles. The molecule has 2 rings (SSSR count). The van der Waals surface area contributed by atoms with E-state index in [0.717, 1.165) is 0 Å². The number of benzene rings is 1. The number of nitrogens with zero attached hydrogens (tertiary/aromatic N) is 1. The van der Waals surface area contributed by atoms with Crippen molar-refractivity contribution in [1.29, 1.82) is 0 Å². The molecule has 7 heteroatoms. The van der Waals surface area contributed by atoms with E-state index >= 15 is 0 Å². The van der Waals surface area contributed by atoms with E-state index in [0.29, 0.717) is 11.3 Å². The van der Waals surface area contributed by atoms with E-state index in [1.165, 1.54) is 19.2 Å². The number of ether oxygens (including phenoxy) is 2. The van der Waals surface area contributed by atoms with Gasteiger partial charge in [-0.15, -0.1) is 0 Å². The van der Waals surface area contributed by atoms with Gasteiger partial charge in [0.15, 0.2) is 6.61 Å². The number of aromatic nitrogens is 1. The number of carbonyl (C=O) groups excluding carboxylic acids is 3. The number of esters is 2. The van der Waals surface area contributed by atoms with Gasteiger partial charge in [0.05, 0.1) is 19.1 Å². The highest BCUT2D eigenvalue weighted by Gasteiger charge is 2.13. The van der Waals surface area contributed by atoms with Crippen LogP contribution in [0.1, 0.15) is 29.7 Å². The first kappa shape index (κ1) is 18.3. The molecule has 1 N–H and O–H groups in total. The number of amides is 1. The lowest BCUT2D eigenvalue weighted by molar-refractivity contribution is -0.148. The molecule has 0 bridgehead atoms. The third-order valence-electron chi connectivity index (χ3n) is 3.55. The Bertz CT molecular complexity index is 722. The Balaban J connectivity index is 1.76. The van der Waals surface area contributed by atoms with Gasteiger partial charge in [-0.05, 0) is 43.3 Å². The third kappa shape index (κ3) is 5.49. The van der Waals surface area contributed by atoms with Crippen molar-refractivity contribution >= 4 is 23.5 Å². The molecule has 0 radical (unpaired) electrons. The van der Waals surface area contributed by atoms with Gasteiger partial charge in [-0.3, -0.25) is 9.59 Å². The molecule has 25 heavy (non-hydrogen) atoms. The van der Waals surface area contributed by atoms with Crippen LogP contribution >= 0.6 is 0 Å². The molecule has 7 nitrogen and oxygen atoms in total. The summed E-state index contributed by atoms with van der Waals surface area (Å²) in [6.07, 6.45) is 3.90. The SMILES string of the molecule is COC(=O)c1ccc(NC(=O)COC(=O)C[C@H](C)n2cccc2)cc1. The molecule has 1 heterocycles. The lowest BCUT2D eigenvalue weighted by Gasteiger charge is -2.13. The molecular weight excluding hydrogens is 324 g/mol. The summed E-state index contributed by atoms with van der Waals surface area (Å²) >= 11 is 0. The van der Waals surface area contributed by atoms with Crippen molar-refractivity contribution in [3.63, 3.8) is 0 Å². The first-order valence-electron chi connectivity index (χ1n) is 7.76. The van der Waals surface area contributed by atoms with Crippen molar-refractivity contribution in [2.45, 2.75) is 19.4 Å². The Kier molecular flexibility index (Phi) is 6.33. The molecule has 0 saturated heterocycles. The molecule has 1 aromatic carbocycles. The number of anilines is 1. The van der Waals surface area contributed by atoms with Crippen molar-refractivity contribution in [2.24, 2.45) is 0 Å². The fourth-order valence-electron chi connectivity index (χ4n) is 2.20. The number of carbonyl (C=O) groups is 3. The van der Waals surface area contributed by atoms with Gasteiger partial charge in [-0.1, -0.05) is 0 Å². The Morgan fingerprint density at radius 3 is 2.36 bits per heavy atom. The normalized spacial score (nSPS) is 11.4. The summed E-state index contributed by atoms with van der Waals surface area (Å²) in [5.74, 6) is -1.35. The summed E-state index contributed by atoms with van der Waals surface area (Å²) < 4.78 is 11.5. The van der Waals surface area contributed by atoms with Crippen molar-refractivity contribution in [3.05, 3.63) is 54.4 Å². The summed E-state index contributed by atoms with van der Waals surface area (Å²) in [6.45, 7) is 1.53. The fraction of sp³-hybridized carbons (Fsp3) is 0.278. The topological polar surface area (TPSA) is 86.6 Å². The van der Waals surface area contributed by atoms with Gasteiger partial charge in [-0.25, -0.2) is 4.79 Å². The molecule has 0 unspecified atom stereocenters. The second-order valence-electron chi connectivity index (χ2n) is 5.46. The van der Waals surface area contributed by atoms with Gasteiger partial charge in [0.1, 0.15) is 0 Å². The number of hydrogen-bond acceptors (Lipinski definition) is 5. The molecule has 1 amide bonds. The van der Waals surface area contributed by atoms with Gasteiger partial charge >= 0.3 is 11.9 Å². The highest BCUT2D eigenvalue weighted by molar-refractivity contribution is 5.94. The lowest BCUT2D eigenvalue weighted by Crippen LogP contribution is -2.22. The average Bonchev–Trinajstić information content (AvgIpc) is 3.15. The minimum absolute atomic E-state index is 0.0450. The van der Waals surface area contributed by atoms with Crippen LogP contribution in [0.5, 0.6) is 0 Å². The summed E-state index contributed by atoms with van der Waals surface area (Å²) in [5, 5.41) is 2.59. The number of nitrogens with one attached hydrogen (secondary N) is 1. The van der Waals surface area contributed by atoms with Gasteiger partial charge in [0, 0.05) is 24.1 Å². The second-order valence-corrected chi connectivity index (χ2v) is 5.46. The molecule has 132 valence electrons. The Hall–Kier alpha value is -3.09. The van der Waals surface area contributed by atoms with Crippen LogP contribution in [0.4, 0.5) is 5.69 Å². The molecule has 0 spiro atoms. The monoisotopic (exact) mass is 344 g/mol. The standard InChI is InChI=1S/C18H20N2O5/c1-13(20-9-3-4-10-20)11-17(22)25-12-16(21)19-15-7-5-14(6-8-15)18(23)24-2/h3-10,13H,11-12H2,1-2H3,(H,19,21)/t13-/m0/s1. The predicted molar refractivity (Wildman–Crippen MR) is 91.1 cm³/mol. The van der Waals surface area contributed by atoms with E-state index in [4.69, 9.17) is 4.74 Å². The minimum atomic E-state index is -0.455. The smallest absolute Gasteiger partial charge is 0.337 e. The largest absolute Gasteiger partial charge is 0.465 e. The van der Waals surface area contributed by atoms with Crippen molar-refractivity contribution in [2.75, 3.05) is 19.0 Å². The zero-order chi connectivity index (χ0) is 18.2. The van der Waals surface area contributed by atoms with Crippen LogP contribution in [0.2, 0.25) is 0 Å². The van der Waals surface area contributed by atoms with E-state index in [1.807, 2.05) is 36.0 Å². The third-order valence-corrected chi connectivity index (χ3v) is 3.55. The fourth-order valence-corrected chi connectivity index (χ4v) is 2.20. The zero-order valence-corrected chi connectivity index (χ0v) is 14.1. The van der Waals surface area contributed by atoms with E-state index in [9.17, 15) is 14.4 Å². The van der Waals surface area contributed by atoms with Gasteiger partial charge < -0.3 is 19.4 Å². The maximum absolute atomic E-state index is 11.8. The second kappa shape index (κ2) is 8.68. The average molecular weight is 344 g/mol. The van der Waals surface area contributed by atoms with Gasteiger partial charge in [0.2, 0.25) is 0 Å². The van der Waals surface area contributed by atoms with E-state index in [1.54, 1.807) is 12.1 Å². The Morgan fingerprint density at radius 2 is 1.76 bits per heavy atom. The zero-order valence-electron chi connectivity index (χ0n) is 14.1. The maximum Gasteiger partial charge on any atom is 0.337 e. The molecular formula is C18H20N2O5. The van der Waals surface area contributed by atoms with Crippen molar-refractivity contribution in [3.8, 4) is 0 Å². The van der Waals surface area contributed by atoms with Crippen LogP contribution in [-0.4, -0.2) is 36.1 Å². The first-order chi connectivity index (χ1) is 12.0.